The number of carbonyl (C=O) groups excluding carboxylic acids is 1. The van der Waals surface area contributed by atoms with Gasteiger partial charge in [-0.15, -0.1) is 0 Å². The molecule has 0 aliphatic rings. The van der Waals surface area contributed by atoms with E-state index in [4.69, 9.17) is 15.6 Å². The van der Waals surface area contributed by atoms with E-state index in [1.165, 1.54) is 0 Å². The molecular formula is C13H17N3O2. The Hall–Kier alpha value is -2.17. The molecule has 1 aromatic carbocycles. The second-order valence-corrected chi connectivity index (χ2v) is 3.90. The number of carbonyl (C=O) groups is 1. The zero-order valence-electron chi connectivity index (χ0n) is 10.5. The van der Waals surface area contributed by atoms with Gasteiger partial charge in [-0.05, 0) is 17.7 Å². The summed E-state index contributed by atoms with van der Waals surface area (Å²) in [4.78, 5) is 11.6. The monoisotopic (exact) mass is 247 g/mol. The van der Waals surface area contributed by atoms with Crippen LogP contribution >= 0.6 is 0 Å². The summed E-state index contributed by atoms with van der Waals surface area (Å²) in [6.07, 6.45) is 1.08. The van der Waals surface area contributed by atoms with E-state index in [-0.39, 0.29) is 5.71 Å². The minimum Gasteiger partial charge on any atom is -0.497 e. The zero-order chi connectivity index (χ0) is 13.5. The van der Waals surface area contributed by atoms with E-state index >= 15 is 0 Å². The van der Waals surface area contributed by atoms with E-state index in [0.29, 0.717) is 6.54 Å². The van der Waals surface area contributed by atoms with Gasteiger partial charge in [-0.3, -0.25) is 10.2 Å². The van der Waals surface area contributed by atoms with E-state index in [1.807, 2.05) is 24.3 Å². The van der Waals surface area contributed by atoms with E-state index < -0.39 is 11.8 Å². The van der Waals surface area contributed by atoms with Crippen LogP contribution in [-0.4, -0.2) is 24.9 Å². The lowest BCUT2D eigenvalue weighted by Crippen LogP contribution is -2.34. The van der Waals surface area contributed by atoms with Crippen molar-refractivity contribution in [3.63, 3.8) is 0 Å². The smallest absolute Gasteiger partial charge is 0.265 e. The SMILES string of the molecule is COc1ccc(CNC(=O)C(=N)C(C)C=N)cc1. The van der Waals surface area contributed by atoms with Gasteiger partial charge in [0, 0.05) is 18.7 Å². The van der Waals surface area contributed by atoms with Crippen molar-refractivity contribution in [2.45, 2.75) is 13.5 Å². The Labute approximate surface area is 106 Å². The minimum absolute atomic E-state index is 0.0986. The molecule has 18 heavy (non-hydrogen) atoms. The molecule has 1 atom stereocenters. The number of benzene rings is 1. The summed E-state index contributed by atoms with van der Waals surface area (Å²) < 4.78 is 5.03. The molecule has 1 rings (SSSR count). The van der Waals surface area contributed by atoms with Gasteiger partial charge < -0.3 is 15.5 Å². The Kier molecular flexibility index (Phi) is 5.05. The van der Waals surface area contributed by atoms with Gasteiger partial charge >= 0.3 is 0 Å². The van der Waals surface area contributed by atoms with Crippen molar-refractivity contribution >= 4 is 17.8 Å². The molecule has 0 spiro atoms. The Morgan fingerprint density at radius 1 is 1.44 bits per heavy atom. The molecule has 0 saturated heterocycles. The van der Waals surface area contributed by atoms with E-state index in [1.54, 1.807) is 14.0 Å². The van der Waals surface area contributed by atoms with Crippen LogP contribution in [0, 0.1) is 16.7 Å². The number of rotatable bonds is 6. The van der Waals surface area contributed by atoms with Crippen LogP contribution in [0.4, 0.5) is 0 Å². The van der Waals surface area contributed by atoms with Crippen LogP contribution in [0.2, 0.25) is 0 Å². The standard InChI is InChI=1S/C13H17N3O2/c1-9(7-14)12(15)13(17)16-8-10-3-5-11(18-2)6-4-10/h3-7,9,14-15H,8H2,1-2H3,(H,16,17). The molecule has 0 heterocycles. The van der Waals surface area contributed by atoms with Gasteiger partial charge in [-0.2, -0.15) is 0 Å². The van der Waals surface area contributed by atoms with E-state index in [9.17, 15) is 4.79 Å². The van der Waals surface area contributed by atoms with Gasteiger partial charge in [0.15, 0.2) is 0 Å². The minimum atomic E-state index is -0.458. The molecule has 0 aliphatic heterocycles. The Bertz CT molecular complexity index is 440. The highest BCUT2D eigenvalue weighted by Gasteiger charge is 2.14. The van der Waals surface area contributed by atoms with Crippen molar-refractivity contribution in [1.82, 2.24) is 5.32 Å². The normalized spacial score (nSPS) is 11.4. The second-order valence-electron chi connectivity index (χ2n) is 3.90. The number of ether oxygens (including phenoxy) is 1. The van der Waals surface area contributed by atoms with Crippen molar-refractivity contribution in [2.75, 3.05) is 7.11 Å². The molecule has 1 unspecified atom stereocenters. The summed E-state index contributed by atoms with van der Waals surface area (Å²) in [5, 5.41) is 17.2. The van der Waals surface area contributed by atoms with Crippen molar-refractivity contribution < 1.29 is 9.53 Å². The van der Waals surface area contributed by atoms with Crippen molar-refractivity contribution in [3.8, 4) is 5.75 Å². The van der Waals surface area contributed by atoms with Gasteiger partial charge in [-0.1, -0.05) is 19.1 Å². The zero-order valence-corrected chi connectivity index (χ0v) is 10.5. The molecule has 1 amide bonds. The van der Waals surface area contributed by atoms with Gasteiger partial charge in [0.25, 0.3) is 5.91 Å². The largest absolute Gasteiger partial charge is 0.497 e. The fourth-order valence-corrected chi connectivity index (χ4v) is 1.31. The van der Waals surface area contributed by atoms with Gasteiger partial charge in [-0.25, -0.2) is 0 Å². The van der Waals surface area contributed by atoms with Gasteiger partial charge in [0.1, 0.15) is 11.5 Å². The highest BCUT2D eigenvalue weighted by atomic mass is 16.5. The predicted octanol–water partition coefficient (Wildman–Crippen LogP) is 1.62. The predicted molar refractivity (Wildman–Crippen MR) is 70.5 cm³/mol. The lowest BCUT2D eigenvalue weighted by atomic mass is 10.1. The van der Waals surface area contributed by atoms with Crippen LogP contribution in [0.5, 0.6) is 5.75 Å². The van der Waals surface area contributed by atoms with Crippen molar-refractivity contribution in [2.24, 2.45) is 5.92 Å². The summed E-state index contributed by atoms with van der Waals surface area (Å²) >= 11 is 0. The summed E-state index contributed by atoms with van der Waals surface area (Å²) in [6, 6.07) is 7.32. The first-order valence-corrected chi connectivity index (χ1v) is 5.58. The molecule has 0 aliphatic carbocycles. The second kappa shape index (κ2) is 6.54. The third-order valence-electron chi connectivity index (χ3n) is 2.56. The maximum atomic E-state index is 11.6. The average Bonchev–Trinajstić information content (AvgIpc) is 2.43. The molecule has 0 radical (unpaired) electrons. The first-order chi connectivity index (χ1) is 8.58. The number of amides is 1. The third-order valence-corrected chi connectivity index (χ3v) is 2.56. The lowest BCUT2D eigenvalue weighted by Gasteiger charge is -2.09. The highest BCUT2D eigenvalue weighted by Crippen LogP contribution is 2.10. The van der Waals surface area contributed by atoms with E-state index in [2.05, 4.69) is 5.32 Å². The first kappa shape index (κ1) is 13.9. The van der Waals surface area contributed by atoms with Gasteiger partial charge in [0.2, 0.25) is 0 Å². The molecule has 5 heteroatoms. The molecule has 96 valence electrons. The van der Waals surface area contributed by atoms with Crippen molar-refractivity contribution in [3.05, 3.63) is 29.8 Å². The molecule has 5 nitrogen and oxygen atoms in total. The van der Waals surface area contributed by atoms with Crippen LogP contribution in [0.15, 0.2) is 24.3 Å². The van der Waals surface area contributed by atoms with Crippen LogP contribution < -0.4 is 10.1 Å². The number of hydrogen-bond acceptors (Lipinski definition) is 4. The molecular weight excluding hydrogens is 230 g/mol. The summed E-state index contributed by atoms with van der Waals surface area (Å²) in [7, 11) is 1.59. The summed E-state index contributed by atoms with van der Waals surface area (Å²) in [6.45, 7) is 2.00. The maximum Gasteiger partial charge on any atom is 0.265 e. The number of hydrogen-bond donors (Lipinski definition) is 3. The van der Waals surface area contributed by atoms with Crippen LogP contribution in [-0.2, 0) is 11.3 Å². The average molecular weight is 247 g/mol. The van der Waals surface area contributed by atoms with Gasteiger partial charge in [0.05, 0.1) is 7.11 Å². The maximum absolute atomic E-state index is 11.6. The molecule has 0 aromatic heterocycles. The molecule has 0 saturated carbocycles. The first-order valence-electron chi connectivity index (χ1n) is 5.58. The number of methoxy groups -OCH3 is 1. The summed E-state index contributed by atoms with van der Waals surface area (Å²) in [5.41, 5.74) is 0.831. The molecule has 3 N–H and O–H groups in total. The molecule has 0 fully saturated rings. The number of nitrogens with one attached hydrogen (secondary N) is 3. The third kappa shape index (κ3) is 3.69. The Balaban J connectivity index is 2.51. The van der Waals surface area contributed by atoms with Crippen LogP contribution in [0.3, 0.4) is 0 Å². The van der Waals surface area contributed by atoms with Crippen molar-refractivity contribution in [1.29, 1.82) is 10.8 Å². The Morgan fingerprint density at radius 3 is 2.56 bits per heavy atom. The van der Waals surface area contributed by atoms with Crippen LogP contribution in [0.1, 0.15) is 12.5 Å². The topological polar surface area (TPSA) is 86.0 Å². The molecule has 1 aromatic rings. The lowest BCUT2D eigenvalue weighted by molar-refractivity contribution is -0.115. The fraction of sp³-hybridized carbons (Fsp3) is 0.308. The quantitative estimate of drug-likeness (QED) is 0.667. The highest BCUT2D eigenvalue weighted by molar-refractivity contribution is 6.40. The molecule has 0 bridgehead atoms. The fourth-order valence-electron chi connectivity index (χ4n) is 1.31. The van der Waals surface area contributed by atoms with E-state index in [0.717, 1.165) is 17.5 Å². The summed E-state index contributed by atoms with van der Waals surface area (Å²) in [5.74, 6) is -0.141. The Morgan fingerprint density at radius 2 is 2.06 bits per heavy atom. The van der Waals surface area contributed by atoms with Crippen LogP contribution in [0.25, 0.3) is 0 Å².